The summed E-state index contributed by atoms with van der Waals surface area (Å²) >= 11 is 0. The Balaban J connectivity index is 2.62. The standard InChI is InChI=1S/C20H23NO2/c1-5-17(12-11-16(2)3)20(22)10-6-8-18(21-4)13-14-19-9-7-15-23-19/h5-9,11-15H,2,10H2,1,3-4H3/b8-6-,12-11-,14-13+,17-5+,21-18?. The highest BCUT2D eigenvalue weighted by Gasteiger charge is 2.03. The van der Waals surface area contributed by atoms with Gasteiger partial charge in [-0.25, -0.2) is 0 Å². The summed E-state index contributed by atoms with van der Waals surface area (Å²) in [5.41, 5.74) is 2.36. The molecule has 0 radical (unpaired) electrons. The Hall–Kier alpha value is -2.68. The van der Waals surface area contributed by atoms with Crippen molar-refractivity contribution < 1.29 is 9.21 Å². The molecule has 0 N–H and O–H groups in total. The summed E-state index contributed by atoms with van der Waals surface area (Å²) in [6.07, 6.45) is 14.7. The molecule has 0 atom stereocenters. The fraction of sp³-hybridized carbons (Fsp3) is 0.200. The van der Waals surface area contributed by atoms with Gasteiger partial charge in [0.25, 0.3) is 0 Å². The van der Waals surface area contributed by atoms with Crippen LogP contribution in [0.15, 0.2) is 82.0 Å². The maximum absolute atomic E-state index is 12.1. The molecule has 0 aliphatic carbocycles. The highest BCUT2D eigenvalue weighted by atomic mass is 16.3. The summed E-state index contributed by atoms with van der Waals surface area (Å²) in [6, 6.07) is 3.69. The Labute approximate surface area is 138 Å². The zero-order chi connectivity index (χ0) is 17.1. The summed E-state index contributed by atoms with van der Waals surface area (Å²) in [5, 5.41) is 0. The Morgan fingerprint density at radius 2 is 2.09 bits per heavy atom. The lowest BCUT2D eigenvalue weighted by Crippen LogP contribution is -1.99. The third-order valence-corrected chi connectivity index (χ3v) is 2.99. The predicted octanol–water partition coefficient (Wildman–Crippen LogP) is 4.96. The number of aliphatic imine (C=N–C) groups is 1. The van der Waals surface area contributed by atoms with E-state index in [2.05, 4.69) is 11.6 Å². The zero-order valence-electron chi connectivity index (χ0n) is 14.0. The van der Waals surface area contributed by atoms with Gasteiger partial charge in [0.05, 0.1) is 12.0 Å². The highest BCUT2D eigenvalue weighted by molar-refractivity contribution is 6.07. The largest absolute Gasteiger partial charge is 0.465 e. The van der Waals surface area contributed by atoms with Gasteiger partial charge in [0.2, 0.25) is 0 Å². The van der Waals surface area contributed by atoms with E-state index in [1.54, 1.807) is 25.5 Å². The summed E-state index contributed by atoms with van der Waals surface area (Å²) in [5.74, 6) is 0.823. The van der Waals surface area contributed by atoms with Gasteiger partial charge in [0.15, 0.2) is 5.78 Å². The van der Waals surface area contributed by atoms with Crippen LogP contribution < -0.4 is 0 Å². The summed E-state index contributed by atoms with van der Waals surface area (Å²) < 4.78 is 5.22. The number of carbonyl (C=O) groups is 1. The zero-order valence-corrected chi connectivity index (χ0v) is 14.0. The number of allylic oxidation sites excluding steroid dienone is 8. The fourth-order valence-corrected chi connectivity index (χ4v) is 1.74. The number of Topliss-reactive ketones (excluding diaryl/α,β-unsaturated/α-hetero) is 1. The maximum atomic E-state index is 12.1. The van der Waals surface area contributed by atoms with E-state index in [0.29, 0.717) is 12.0 Å². The van der Waals surface area contributed by atoms with E-state index in [0.717, 1.165) is 17.0 Å². The van der Waals surface area contributed by atoms with Crippen molar-refractivity contribution >= 4 is 17.6 Å². The van der Waals surface area contributed by atoms with E-state index in [1.807, 2.05) is 56.4 Å². The first-order valence-electron chi connectivity index (χ1n) is 7.44. The van der Waals surface area contributed by atoms with Crippen LogP contribution in [0.1, 0.15) is 26.0 Å². The molecular formula is C20H23NO2. The van der Waals surface area contributed by atoms with Crippen molar-refractivity contribution in [1.29, 1.82) is 0 Å². The molecule has 1 heterocycles. The van der Waals surface area contributed by atoms with Crippen LogP contribution in [0.25, 0.3) is 6.08 Å². The number of furan rings is 1. The second kappa shape index (κ2) is 10.1. The molecule has 0 saturated carbocycles. The van der Waals surface area contributed by atoms with Gasteiger partial charge in [0.1, 0.15) is 5.76 Å². The molecule has 0 saturated heterocycles. The predicted molar refractivity (Wildman–Crippen MR) is 97.6 cm³/mol. The van der Waals surface area contributed by atoms with Crippen LogP contribution in [0.4, 0.5) is 0 Å². The second-order valence-electron chi connectivity index (χ2n) is 4.95. The Kier molecular flexibility index (Phi) is 8.08. The summed E-state index contributed by atoms with van der Waals surface area (Å²) in [7, 11) is 1.71. The lowest BCUT2D eigenvalue weighted by Gasteiger charge is -1.98. The molecular weight excluding hydrogens is 286 g/mol. The minimum Gasteiger partial charge on any atom is -0.465 e. The minimum atomic E-state index is 0.0618. The van der Waals surface area contributed by atoms with Crippen molar-refractivity contribution in [2.45, 2.75) is 20.3 Å². The molecule has 120 valence electrons. The van der Waals surface area contributed by atoms with Crippen molar-refractivity contribution in [2.24, 2.45) is 4.99 Å². The van der Waals surface area contributed by atoms with Gasteiger partial charge in [0, 0.05) is 19.0 Å². The lowest BCUT2D eigenvalue weighted by molar-refractivity contribution is -0.114. The Morgan fingerprint density at radius 1 is 1.30 bits per heavy atom. The average Bonchev–Trinajstić information content (AvgIpc) is 3.04. The third kappa shape index (κ3) is 7.23. The van der Waals surface area contributed by atoms with Crippen LogP contribution in [0.2, 0.25) is 0 Å². The summed E-state index contributed by atoms with van der Waals surface area (Å²) in [6.45, 7) is 7.53. The van der Waals surface area contributed by atoms with Gasteiger partial charge in [-0.15, -0.1) is 0 Å². The average molecular weight is 309 g/mol. The molecule has 0 amide bonds. The molecule has 1 aromatic rings. The summed E-state index contributed by atoms with van der Waals surface area (Å²) in [4.78, 5) is 16.3. The van der Waals surface area contributed by atoms with Gasteiger partial charge >= 0.3 is 0 Å². The van der Waals surface area contributed by atoms with Gasteiger partial charge in [-0.3, -0.25) is 9.79 Å². The van der Waals surface area contributed by atoms with Crippen molar-refractivity contribution in [2.75, 3.05) is 7.05 Å². The molecule has 0 aromatic carbocycles. The van der Waals surface area contributed by atoms with Crippen LogP contribution >= 0.6 is 0 Å². The molecule has 1 aromatic heterocycles. The first-order valence-corrected chi connectivity index (χ1v) is 7.44. The van der Waals surface area contributed by atoms with Crippen molar-refractivity contribution in [3.05, 3.63) is 78.3 Å². The van der Waals surface area contributed by atoms with Crippen LogP contribution in [0.3, 0.4) is 0 Å². The topological polar surface area (TPSA) is 42.6 Å². The molecule has 0 aliphatic heterocycles. The molecule has 3 nitrogen and oxygen atoms in total. The number of hydrogen-bond donors (Lipinski definition) is 0. The molecule has 3 heteroatoms. The van der Waals surface area contributed by atoms with Gasteiger partial charge in [-0.1, -0.05) is 36.5 Å². The lowest BCUT2D eigenvalue weighted by atomic mass is 10.1. The molecule has 0 aliphatic rings. The van der Waals surface area contributed by atoms with Gasteiger partial charge < -0.3 is 4.42 Å². The number of carbonyl (C=O) groups excluding carboxylic acids is 1. The van der Waals surface area contributed by atoms with Crippen molar-refractivity contribution in [1.82, 2.24) is 0 Å². The number of rotatable bonds is 8. The SMILES string of the molecule is C=C(C)/C=C\C(=C/C)C(=O)C/C=C\C(/C=C/c1ccco1)=NC. The van der Waals surface area contributed by atoms with Crippen LogP contribution in [0, 0.1) is 0 Å². The second-order valence-corrected chi connectivity index (χ2v) is 4.95. The molecule has 0 spiro atoms. The third-order valence-electron chi connectivity index (χ3n) is 2.99. The number of hydrogen-bond acceptors (Lipinski definition) is 3. The van der Waals surface area contributed by atoms with Gasteiger partial charge in [-0.2, -0.15) is 0 Å². The number of ketones is 1. The Morgan fingerprint density at radius 3 is 2.65 bits per heavy atom. The minimum absolute atomic E-state index is 0.0618. The molecule has 23 heavy (non-hydrogen) atoms. The molecule has 1 rings (SSSR count). The van der Waals surface area contributed by atoms with E-state index in [-0.39, 0.29) is 5.78 Å². The molecule has 0 unspecified atom stereocenters. The van der Waals surface area contributed by atoms with E-state index < -0.39 is 0 Å². The molecule has 0 bridgehead atoms. The first kappa shape index (κ1) is 18.4. The smallest absolute Gasteiger partial charge is 0.166 e. The van der Waals surface area contributed by atoms with E-state index in [1.165, 1.54) is 0 Å². The first-order chi connectivity index (χ1) is 11.1. The highest BCUT2D eigenvalue weighted by Crippen LogP contribution is 2.06. The normalized spacial score (nSPS) is 13.5. The maximum Gasteiger partial charge on any atom is 0.166 e. The van der Waals surface area contributed by atoms with E-state index in [4.69, 9.17) is 4.42 Å². The van der Waals surface area contributed by atoms with Crippen molar-refractivity contribution in [3.63, 3.8) is 0 Å². The van der Waals surface area contributed by atoms with Crippen LogP contribution in [-0.2, 0) is 4.79 Å². The Bertz CT molecular complexity index is 669. The van der Waals surface area contributed by atoms with Gasteiger partial charge in [-0.05, 0) is 44.2 Å². The van der Waals surface area contributed by atoms with Crippen LogP contribution in [0.5, 0.6) is 0 Å². The van der Waals surface area contributed by atoms with E-state index >= 15 is 0 Å². The van der Waals surface area contributed by atoms with Crippen molar-refractivity contribution in [3.8, 4) is 0 Å². The fourth-order valence-electron chi connectivity index (χ4n) is 1.74. The van der Waals surface area contributed by atoms with E-state index in [9.17, 15) is 4.79 Å². The number of nitrogens with zero attached hydrogens (tertiary/aromatic N) is 1. The molecule has 0 fully saturated rings. The monoisotopic (exact) mass is 309 g/mol. The quantitative estimate of drug-likeness (QED) is 0.387. The van der Waals surface area contributed by atoms with Crippen LogP contribution in [-0.4, -0.2) is 18.5 Å².